The highest BCUT2D eigenvalue weighted by Crippen LogP contribution is 2.38. The average Bonchev–Trinajstić information content (AvgIpc) is 3.09. The van der Waals surface area contributed by atoms with Crippen LogP contribution in [0.4, 0.5) is 0 Å². The van der Waals surface area contributed by atoms with E-state index >= 15 is 0 Å². The Morgan fingerprint density at radius 1 is 0.750 bits per heavy atom. The molecule has 0 spiro atoms. The molecule has 0 radical (unpaired) electrons. The standard InChI is InChI=1S/C27H34O8Si/c1-18(28)32-24-23(35-26(34-20(3)30)25(24)33-19(2)29)17-31-36(27(4,5)6,21-13-9-7-10-14-21)22-15-11-8-12-16-22/h7-16,23-26H,17H2,1-6H3/t23-,24-,25+,26+/m1/s1. The zero-order valence-electron chi connectivity index (χ0n) is 21.6. The minimum absolute atomic E-state index is 0.0146. The number of hydrogen-bond donors (Lipinski definition) is 0. The maximum absolute atomic E-state index is 12.0. The molecule has 0 amide bonds. The maximum Gasteiger partial charge on any atom is 0.305 e. The van der Waals surface area contributed by atoms with Crippen LogP contribution < -0.4 is 10.4 Å². The van der Waals surface area contributed by atoms with Crippen LogP contribution >= 0.6 is 0 Å². The molecule has 0 unspecified atom stereocenters. The maximum atomic E-state index is 12.0. The van der Waals surface area contributed by atoms with Gasteiger partial charge in [-0.3, -0.25) is 14.4 Å². The second-order valence-electron chi connectivity index (χ2n) is 9.77. The van der Waals surface area contributed by atoms with Crippen LogP contribution in [0.3, 0.4) is 0 Å². The largest absolute Gasteiger partial charge is 0.455 e. The fourth-order valence-electron chi connectivity index (χ4n) is 4.70. The van der Waals surface area contributed by atoms with E-state index in [1.165, 1.54) is 20.8 Å². The molecular weight excluding hydrogens is 480 g/mol. The highest BCUT2D eigenvalue weighted by molar-refractivity contribution is 6.99. The normalized spacial score (nSPS) is 22.1. The van der Waals surface area contributed by atoms with E-state index < -0.39 is 50.8 Å². The molecule has 36 heavy (non-hydrogen) atoms. The first-order chi connectivity index (χ1) is 17.0. The van der Waals surface area contributed by atoms with E-state index in [-0.39, 0.29) is 11.6 Å². The average molecular weight is 515 g/mol. The SMILES string of the molecule is CC(=O)O[C@H]1O[C@H](CO[Si](c2ccccc2)(c2ccccc2)C(C)(C)C)[C@@H](OC(C)=O)[C@@H]1OC(C)=O. The summed E-state index contributed by atoms with van der Waals surface area (Å²) in [6.07, 6.45) is -4.22. The second-order valence-corrected chi connectivity index (χ2v) is 14.1. The summed E-state index contributed by atoms with van der Waals surface area (Å²) >= 11 is 0. The zero-order chi connectivity index (χ0) is 26.5. The molecule has 0 aromatic heterocycles. The summed E-state index contributed by atoms with van der Waals surface area (Å²) in [4.78, 5) is 35.5. The van der Waals surface area contributed by atoms with Gasteiger partial charge in [-0.05, 0) is 15.4 Å². The first-order valence-corrected chi connectivity index (χ1v) is 13.8. The van der Waals surface area contributed by atoms with E-state index in [0.29, 0.717) is 0 Å². The Morgan fingerprint density at radius 2 is 1.19 bits per heavy atom. The first-order valence-electron chi connectivity index (χ1n) is 11.9. The van der Waals surface area contributed by atoms with Crippen LogP contribution in [0.15, 0.2) is 60.7 Å². The van der Waals surface area contributed by atoms with Crippen LogP contribution in [0.25, 0.3) is 0 Å². The Hall–Kier alpha value is -3.01. The Kier molecular flexibility index (Phi) is 8.70. The number of benzene rings is 2. The summed E-state index contributed by atoms with van der Waals surface area (Å²) in [6, 6.07) is 20.1. The van der Waals surface area contributed by atoms with E-state index in [1.54, 1.807) is 0 Å². The van der Waals surface area contributed by atoms with Gasteiger partial charge in [-0.25, -0.2) is 0 Å². The number of ether oxygens (including phenoxy) is 4. The quantitative estimate of drug-likeness (QED) is 0.301. The fourth-order valence-corrected chi connectivity index (χ4v) is 9.27. The summed E-state index contributed by atoms with van der Waals surface area (Å²) in [5, 5.41) is 1.84. The molecule has 4 atom stereocenters. The number of esters is 3. The van der Waals surface area contributed by atoms with Crippen molar-refractivity contribution in [2.75, 3.05) is 6.61 Å². The third kappa shape index (κ3) is 6.03. The van der Waals surface area contributed by atoms with E-state index in [0.717, 1.165) is 10.4 Å². The van der Waals surface area contributed by atoms with Crippen molar-refractivity contribution in [3.8, 4) is 0 Å². The molecule has 0 saturated carbocycles. The Morgan fingerprint density at radius 3 is 1.61 bits per heavy atom. The van der Waals surface area contributed by atoms with Gasteiger partial charge in [-0.2, -0.15) is 0 Å². The summed E-state index contributed by atoms with van der Waals surface area (Å²) < 4.78 is 29.0. The number of carbonyl (C=O) groups is 3. The van der Waals surface area contributed by atoms with Gasteiger partial charge in [-0.1, -0.05) is 81.4 Å². The molecule has 2 aromatic carbocycles. The summed E-state index contributed by atoms with van der Waals surface area (Å²) in [6.45, 7) is 10.1. The second kappa shape index (κ2) is 11.4. The summed E-state index contributed by atoms with van der Waals surface area (Å²) in [5.41, 5.74) is 0. The van der Waals surface area contributed by atoms with Crippen molar-refractivity contribution < 1.29 is 37.8 Å². The topological polar surface area (TPSA) is 97.4 Å². The van der Waals surface area contributed by atoms with Gasteiger partial charge < -0.3 is 23.4 Å². The highest BCUT2D eigenvalue weighted by atomic mass is 28.4. The summed E-state index contributed by atoms with van der Waals surface area (Å²) in [7, 11) is -2.93. The molecule has 9 heteroatoms. The van der Waals surface area contributed by atoms with Crippen molar-refractivity contribution in [3.05, 3.63) is 60.7 Å². The molecule has 3 rings (SSSR count). The Bertz CT molecular complexity index is 1010. The highest BCUT2D eigenvalue weighted by Gasteiger charge is 2.54. The number of rotatable bonds is 8. The fraction of sp³-hybridized carbons (Fsp3) is 0.444. The van der Waals surface area contributed by atoms with Crippen molar-refractivity contribution in [3.63, 3.8) is 0 Å². The van der Waals surface area contributed by atoms with Crippen molar-refractivity contribution in [2.45, 2.75) is 71.2 Å². The van der Waals surface area contributed by atoms with Gasteiger partial charge in [0.15, 0.2) is 6.10 Å². The number of carbonyl (C=O) groups excluding carboxylic acids is 3. The zero-order valence-corrected chi connectivity index (χ0v) is 22.6. The van der Waals surface area contributed by atoms with Crippen LogP contribution in [0, 0.1) is 0 Å². The van der Waals surface area contributed by atoms with Crippen LogP contribution in [0.5, 0.6) is 0 Å². The lowest BCUT2D eigenvalue weighted by atomic mass is 10.1. The predicted octanol–water partition coefficient (Wildman–Crippen LogP) is 2.71. The van der Waals surface area contributed by atoms with Gasteiger partial charge in [0.05, 0.1) is 6.61 Å². The van der Waals surface area contributed by atoms with E-state index in [2.05, 4.69) is 45.0 Å². The van der Waals surface area contributed by atoms with Crippen molar-refractivity contribution >= 4 is 36.6 Å². The molecule has 1 fully saturated rings. The van der Waals surface area contributed by atoms with Crippen LogP contribution in [-0.4, -0.2) is 57.4 Å². The Labute approximate surface area is 213 Å². The van der Waals surface area contributed by atoms with Crippen molar-refractivity contribution in [2.24, 2.45) is 0 Å². The molecule has 1 aliphatic heterocycles. The monoisotopic (exact) mass is 514 g/mol. The molecule has 194 valence electrons. The van der Waals surface area contributed by atoms with Gasteiger partial charge in [0, 0.05) is 20.8 Å². The summed E-state index contributed by atoms with van der Waals surface area (Å²) in [5.74, 6) is -1.82. The van der Waals surface area contributed by atoms with Gasteiger partial charge in [0.2, 0.25) is 12.4 Å². The molecular formula is C27H34O8Si. The smallest absolute Gasteiger partial charge is 0.305 e. The lowest BCUT2D eigenvalue weighted by molar-refractivity contribution is -0.196. The van der Waals surface area contributed by atoms with Gasteiger partial charge in [0.25, 0.3) is 8.32 Å². The van der Waals surface area contributed by atoms with Crippen LogP contribution in [-0.2, 0) is 37.8 Å². The molecule has 0 N–H and O–H groups in total. The number of hydrogen-bond acceptors (Lipinski definition) is 8. The molecule has 0 bridgehead atoms. The van der Waals surface area contributed by atoms with Crippen molar-refractivity contribution in [1.82, 2.24) is 0 Å². The lowest BCUT2D eigenvalue weighted by Gasteiger charge is -2.43. The minimum atomic E-state index is -2.93. The lowest BCUT2D eigenvalue weighted by Crippen LogP contribution is -2.67. The molecule has 2 aromatic rings. The minimum Gasteiger partial charge on any atom is -0.455 e. The Balaban J connectivity index is 2.03. The van der Waals surface area contributed by atoms with E-state index in [4.69, 9.17) is 23.4 Å². The van der Waals surface area contributed by atoms with Gasteiger partial charge in [0.1, 0.15) is 6.10 Å². The first kappa shape index (κ1) is 27.6. The molecule has 1 aliphatic rings. The van der Waals surface area contributed by atoms with Gasteiger partial charge in [-0.15, -0.1) is 0 Å². The van der Waals surface area contributed by atoms with Crippen LogP contribution in [0.2, 0.25) is 5.04 Å². The van der Waals surface area contributed by atoms with E-state index in [9.17, 15) is 14.4 Å². The molecule has 1 saturated heterocycles. The van der Waals surface area contributed by atoms with Crippen LogP contribution in [0.1, 0.15) is 41.5 Å². The third-order valence-corrected chi connectivity index (χ3v) is 11.0. The molecule has 1 heterocycles. The van der Waals surface area contributed by atoms with Crippen molar-refractivity contribution in [1.29, 1.82) is 0 Å². The molecule has 8 nitrogen and oxygen atoms in total. The molecule has 0 aliphatic carbocycles. The van der Waals surface area contributed by atoms with Gasteiger partial charge >= 0.3 is 17.9 Å². The third-order valence-electron chi connectivity index (χ3n) is 6.03. The predicted molar refractivity (Wildman–Crippen MR) is 135 cm³/mol. The van der Waals surface area contributed by atoms with E-state index in [1.807, 2.05) is 36.4 Å².